The number of esters is 3. The number of carbonyl (C=O) groups excluding carboxylic acids is 11. The van der Waals surface area contributed by atoms with Gasteiger partial charge in [-0.2, -0.15) is 0 Å². The second-order valence-corrected chi connectivity index (χ2v) is 28.7. The minimum atomic E-state index is -2.15. The van der Waals surface area contributed by atoms with Crippen LogP contribution in [0.1, 0.15) is 152 Å². The average Bonchev–Trinajstić information content (AvgIpc) is 0.673. The molecule has 2 saturated carbocycles. The molecule has 2 saturated heterocycles. The summed E-state index contributed by atoms with van der Waals surface area (Å²) in [5.74, 6) is -13.8. The molecular weight excluding hydrogens is 1360 g/mol. The highest BCUT2D eigenvalue weighted by Gasteiger charge is 2.75. The summed E-state index contributed by atoms with van der Waals surface area (Å²) < 4.78 is 35.7. The molecule has 5 aliphatic rings. The predicted molar refractivity (Wildman–Crippen MR) is 365 cm³/mol. The molecule has 0 aromatic heterocycles. The molecule has 3 aromatic carbocycles. The SMILES string of the molecule is CC(=O)NC1C(O)OC(CO)C(OC(=O)c2ccccc2)C1OC(C)C(=O)N[C@@H](C)C(=O)C[C@@H](CCC(=O)NC(CCCCNC(=O)CC(=O)N[C@@H](c1ccccc1)[C@@H](O)C(=O)O[C@H]1C[C@@]2(O)[C@@H](OC(=O)c3ccccc3)[C@@H]3[C@]4(C)CO[C@@H]4C[C@H](O)[C@@]3(C)C(=O)[C@H](C)C(=C1C)C2(C)C)C(=O)O)C(N)=O. The van der Waals surface area contributed by atoms with E-state index in [2.05, 4.69) is 26.6 Å². The number of ether oxygens (including phenoxy) is 6. The number of carbonyl (C=O) groups is 12. The van der Waals surface area contributed by atoms with Gasteiger partial charge in [-0.25, -0.2) is 19.2 Å². The Balaban J connectivity index is 0.827. The van der Waals surface area contributed by atoms with E-state index in [4.69, 9.17) is 34.2 Å². The van der Waals surface area contributed by atoms with E-state index in [9.17, 15) is 83.4 Å². The number of nitrogens with two attached hydrogens (primary N) is 1. The van der Waals surface area contributed by atoms with Gasteiger partial charge in [0.2, 0.25) is 35.4 Å². The van der Waals surface area contributed by atoms with Crippen molar-refractivity contribution < 1.29 is 117 Å². The third-order valence-electron chi connectivity index (χ3n) is 21.4. The smallest absolute Gasteiger partial charge is 0.338 e. The first-order valence-corrected chi connectivity index (χ1v) is 34.8. The van der Waals surface area contributed by atoms with Crippen LogP contribution in [0.2, 0.25) is 0 Å². The largest absolute Gasteiger partial charge is 0.480 e. The summed E-state index contributed by atoms with van der Waals surface area (Å²) in [5, 5.41) is 81.0. The number of Topliss-reactive ketones (excluding diaryl/α,β-unsaturated/α-hetero) is 2. The van der Waals surface area contributed by atoms with Crippen molar-refractivity contribution in [3.8, 4) is 0 Å². The van der Waals surface area contributed by atoms with Crippen molar-refractivity contribution in [3.05, 3.63) is 119 Å². The molecule has 0 radical (unpaired) electrons. The van der Waals surface area contributed by atoms with E-state index in [0.717, 1.165) is 6.92 Å². The van der Waals surface area contributed by atoms with Gasteiger partial charge in [-0.1, -0.05) is 94.4 Å². The highest BCUT2D eigenvalue weighted by molar-refractivity contribution is 5.98. The van der Waals surface area contributed by atoms with Gasteiger partial charge in [-0.3, -0.25) is 38.4 Å². The third-order valence-corrected chi connectivity index (χ3v) is 21.4. The summed E-state index contributed by atoms with van der Waals surface area (Å²) >= 11 is 0. The molecule has 566 valence electrons. The van der Waals surface area contributed by atoms with Gasteiger partial charge in [0.05, 0.1) is 54.0 Å². The lowest BCUT2D eigenvalue weighted by molar-refractivity contribution is -0.312. The summed E-state index contributed by atoms with van der Waals surface area (Å²) in [6.45, 7) is 13.2. The van der Waals surface area contributed by atoms with Crippen molar-refractivity contribution in [1.82, 2.24) is 26.6 Å². The van der Waals surface area contributed by atoms with Crippen molar-refractivity contribution in [2.75, 3.05) is 19.8 Å². The topological polar surface area (TPSA) is 468 Å². The number of benzene rings is 3. The molecule has 13 N–H and O–H groups in total. The number of aliphatic hydroxyl groups is 5. The fourth-order valence-electron chi connectivity index (χ4n) is 15.6. The molecule has 30 nitrogen and oxygen atoms in total. The second kappa shape index (κ2) is 33.9. The normalized spacial score (nSPS) is 29.2. The molecule has 30 heteroatoms. The van der Waals surface area contributed by atoms with Gasteiger partial charge in [0.25, 0.3) is 0 Å². The van der Waals surface area contributed by atoms with Crippen LogP contribution in [0.15, 0.2) is 102 Å². The molecule has 0 spiro atoms. The van der Waals surface area contributed by atoms with E-state index in [-0.39, 0.29) is 67.7 Å². The molecule has 20 atom stereocenters. The molecule has 3 aliphatic carbocycles. The van der Waals surface area contributed by atoms with Crippen LogP contribution in [-0.2, 0) is 76.4 Å². The van der Waals surface area contributed by atoms with Crippen molar-refractivity contribution in [2.45, 2.75) is 211 Å². The number of carboxylic acids is 1. The van der Waals surface area contributed by atoms with E-state index < -0.39 is 222 Å². The molecule has 6 amide bonds. The van der Waals surface area contributed by atoms with Crippen LogP contribution in [0.4, 0.5) is 0 Å². The van der Waals surface area contributed by atoms with Gasteiger partial charge < -0.3 is 91.4 Å². The Hall–Kier alpha value is -8.88. The highest BCUT2D eigenvalue weighted by atomic mass is 16.7. The molecule has 3 aromatic rings. The van der Waals surface area contributed by atoms with Crippen LogP contribution in [0.5, 0.6) is 0 Å². The number of nitrogens with one attached hydrogen (secondary N) is 5. The van der Waals surface area contributed by atoms with Crippen LogP contribution >= 0.6 is 0 Å². The molecule has 7 unspecified atom stereocenters. The number of primary amides is 1. The molecular formula is C74H96N6O24. The number of fused-ring (bicyclic) bond motifs is 5. The summed E-state index contributed by atoms with van der Waals surface area (Å²) in [6.07, 6.45) is -16.9. The third kappa shape index (κ3) is 17.6. The van der Waals surface area contributed by atoms with Crippen LogP contribution in [0.3, 0.4) is 0 Å². The van der Waals surface area contributed by atoms with Gasteiger partial charge in [0.15, 0.2) is 24.3 Å². The first-order valence-electron chi connectivity index (χ1n) is 34.8. The quantitative estimate of drug-likeness (QED) is 0.0143. The van der Waals surface area contributed by atoms with Gasteiger partial charge in [0.1, 0.15) is 60.4 Å². The minimum absolute atomic E-state index is 0.0658. The second-order valence-electron chi connectivity index (χ2n) is 28.7. The van der Waals surface area contributed by atoms with Crippen LogP contribution in [-0.4, -0.2) is 206 Å². The number of aliphatic carboxylic acids is 1. The molecule has 2 bridgehead atoms. The number of hydrogen-bond donors (Lipinski definition) is 12. The number of carboxylic acid groups (broad SMARTS) is 1. The summed E-state index contributed by atoms with van der Waals surface area (Å²) in [4.78, 5) is 161. The van der Waals surface area contributed by atoms with Gasteiger partial charge >= 0.3 is 23.9 Å². The molecule has 104 heavy (non-hydrogen) atoms. The molecule has 2 heterocycles. The Morgan fingerprint density at radius 2 is 1.38 bits per heavy atom. The lowest BCUT2D eigenvalue weighted by atomic mass is 9.41. The monoisotopic (exact) mass is 1450 g/mol. The van der Waals surface area contributed by atoms with Crippen LogP contribution in [0, 0.1) is 34.0 Å². The Labute approximate surface area is 601 Å². The molecule has 8 rings (SSSR count). The van der Waals surface area contributed by atoms with E-state index in [0.29, 0.717) is 11.1 Å². The highest BCUT2D eigenvalue weighted by Crippen LogP contribution is 2.66. The maximum atomic E-state index is 15.3. The number of rotatable bonds is 31. The number of hydrogen-bond acceptors (Lipinski definition) is 23. The minimum Gasteiger partial charge on any atom is -0.480 e. The van der Waals surface area contributed by atoms with E-state index in [1.165, 1.54) is 50.2 Å². The fourth-order valence-corrected chi connectivity index (χ4v) is 15.6. The Kier molecular flexibility index (Phi) is 26.4. The van der Waals surface area contributed by atoms with Gasteiger partial charge in [0, 0.05) is 67.7 Å². The summed E-state index contributed by atoms with van der Waals surface area (Å²) in [7, 11) is 0. The van der Waals surface area contributed by atoms with Crippen molar-refractivity contribution in [1.29, 1.82) is 0 Å². The fraction of sp³-hybridized carbons (Fsp3) is 0.568. The Morgan fingerprint density at radius 3 is 1.94 bits per heavy atom. The number of amides is 6. The Bertz CT molecular complexity index is 3710. The number of unbranched alkanes of at least 4 members (excludes halogenated alkanes) is 1. The summed E-state index contributed by atoms with van der Waals surface area (Å²) in [5.41, 5.74) is 0.871. The van der Waals surface area contributed by atoms with E-state index in [1.807, 2.05) is 6.92 Å². The zero-order chi connectivity index (χ0) is 76.5. The maximum Gasteiger partial charge on any atom is 0.338 e. The van der Waals surface area contributed by atoms with Crippen molar-refractivity contribution in [2.24, 2.45) is 39.7 Å². The predicted octanol–water partition coefficient (Wildman–Crippen LogP) is 1.64. The number of ketones is 2. The van der Waals surface area contributed by atoms with Crippen LogP contribution < -0.4 is 32.3 Å². The zero-order valence-corrected chi connectivity index (χ0v) is 59.6. The lowest BCUT2D eigenvalue weighted by Gasteiger charge is -2.68. The lowest BCUT2D eigenvalue weighted by Crippen LogP contribution is -2.77. The van der Waals surface area contributed by atoms with Crippen LogP contribution in [0.25, 0.3) is 0 Å². The Morgan fingerprint density at radius 1 is 0.769 bits per heavy atom. The van der Waals surface area contributed by atoms with Gasteiger partial charge in [-0.05, 0) is 94.4 Å². The first-order chi connectivity index (χ1) is 49.0. The summed E-state index contributed by atoms with van der Waals surface area (Å²) in [6, 6.07) is 17.9. The maximum absolute atomic E-state index is 15.3. The van der Waals surface area contributed by atoms with Crippen molar-refractivity contribution >= 4 is 70.9 Å². The van der Waals surface area contributed by atoms with E-state index >= 15 is 4.79 Å². The molecule has 4 fully saturated rings. The standard InChI is InChI=1S/C74H96N6O24/c1-37-48(34-74(98)63(104-68(95)44-25-17-12-18-26-44)61-72(8)36-99-51(72)32-50(84)73(61,9)62(89)38(2)55(37)71(74,6)7)101-70(97)58(88)56(42-21-13-10-14-22-42)80-54(87)33-53(86)76-30-20-19-27-46(66(92)93)79-52(85)29-28-45(64(75)90)31-47(83)39(3)77-65(91)40(4)100-60-57(78-41(5)82)69(96)102-49(35-81)59(60)103-67(94)43-23-15-11-16-24-43/h10-18,21-26,38-40,45-46,48-51,56-61,63,69,81,84,88,96,98H,19-20,27-36H2,1-9H3,(H2,75,90)(H,76,86)(H,77,91)(H,78,82)(H,79,85)(H,80,87)(H,92,93)/t38-,39+,40?,45-,46?,48+,49?,50+,51-,56+,57?,58-,59?,60?,61-,63+,69?,72-,73-,74-/m1/s1. The molecule has 2 aliphatic heterocycles. The first kappa shape index (κ1) is 80.8. The van der Waals surface area contributed by atoms with Gasteiger partial charge in [-0.15, -0.1) is 0 Å². The van der Waals surface area contributed by atoms with E-state index in [1.54, 1.807) is 89.2 Å². The van der Waals surface area contributed by atoms with Crippen molar-refractivity contribution in [3.63, 3.8) is 0 Å². The zero-order valence-electron chi connectivity index (χ0n) is 59.6. The average molecular weight is 1450 g/mol. The number of aliphatic hydroxyl groups excluding tert-OH is 4.